The van der Waals surface area contributed by atoms with Gasteiger partial charge in [-0.15, -0.1) is 0 Å². The van der Waals surface area contributed by atoms with E-state index in [4.69, 9.17) is 4.74 Å². The van der Waals surface area contributed by atoms with Crippen molar-refractivity contribution < 1.29 is 18.7 Å². The van der Waals surface area contributed by atoms with Crippen LogP contribution in [-0.2, 0) is 4.79 Å². The first-order valence-electron chi connectivity index (χ1n) is 10.1. The van der Waals surface area contributed by atoms with Gasteiger partial charge in [-0.2, -0.15) is 5.10 Å². The van der Waals surface area contributed by atoms with Crippen molar-refractivity contribution in [2.75, 3.05) is 6.61 Å². The third-order valence-corrected chi connectivity index (χ3v) is 5.07. The van der Waals surface area contributed by atoms with Crippen molar-refractivity contribution in [2.45, 2.75) is 39.7 Å². The molecule has 0 saturated carbocycles. The monoisotopic (exact) mass is 491 g/mol. The predicted octanol–water partition coefficient (Wildman–Crippen LogP) is 4.67. The molecule has 2 amide bonds. The minimum Gasteiger partial charge on any atom is -0.492 e. The van der Waals surface area contributed by atoms with Crippen LogP contribution < -0.4 is 15.5 Å². The third kappa shape index (κ3) is 7.47. The Balaban J connectivity index is 1.98. The topological polar surface area (TPSA) is 79.8 Å². The average Bonchev–Trinajstić information content (AvgIpc) is 2.73. The zero-order valence-corrected chi connectivity index (χ0v) is 19.4. The summed E-state index contributed by atoms with van der Waals surface area (Å²) in [6.07, 6.45) is 3.53. The summed E-state index contributed by atoms with van der Waals surface area (Å²) in [6, 6.07) is 10.2. The van der Waals surface area contributed by atoms with Crippen molar-refractivity contribution in [2.24, 2.45) is 11.0 Å². The molecule has 0 aromatic heterocycles. The van der Waals surface area contributed by atoms with Gasteiger partial charge in [-0.05, 0) is 64.2 Å². The number of benzene rings is 2. The van der Waals surface area contributed by atoms with Gasteiger partial charge >= 0.3 is 0 Å². The molecular formula is C23H27BrFN3O3. The number of ether oxygens (including phenoxy) is 1. The Morgan fingerprint density at radius 1 is 1.23 bits per heavy atom. The molecule has 0 bridgehead atoms. The normalized spacial score (nSPS) is 12.1. The van der Waals surface area contributed by atoms with E-state index in [1.165, 1.54) is 24.4 Å². The van der Waals surface area contributed by atoms with E-state index in [1.54, 1.807) is 19.9 Å². The van der Waals surface area contributed by atoms with Gasteiger partial charge in [0.1, 0.15) is 17.6 Å². The molecule has 0 fully saturated rings. The number of rotatable bonds is 10. The number of hydrogen-bond acceptors (Lipinski definition) is 4. The van der Waals surface area contributed by atoms with E-state index < -0.39 is 23.7 Å². The number of nitrogens with one attached hydrogen (secondary N) is 2. The predicted molar refractivity (Wildman–Crippen MR) is 123 cm³/mol. The van der Waals surface area contributed by atoms with E-state index in [9.17, 15) is 14.0 Å². The summed E-state index contributed by atoms with van der Waals surface area (Å²) in [5.41, 5.74) is 3.08. The molecule has 0 aliphatic carbocycles. The molecule has 8 heteroatoms. The van der Waals surface area contributed by atoms with Crippen LogP contribution in [0.1, 0.15) is 49.5 Å². The highest BCUT2D eigenvalue weighted by Crippen LogP contribution is 2.25. The average molecular weight is 492 g/mol. The van der Waals surface area contributed by atoms with E-state index in [0.717, 1.165) is 28.6 Å². The Bertz CT molecular complexity index is 934. The van der Waals surface area contributed by atoms with Crippen LogP contribution in [0.4, 0.5) is 4.39 Å². The van der Waals surface area contributed by atoms with Gasteiger partial charge < -0.3 is 10.1 Å². The maximum atomic E-state index is 13.8. The van der Waals surface area contributed by atoms with Crippen LogP contribution in [0.2, 0.25) is 0 Å². The van der Waals surface area contributed by atoms with Crippen molar-refractivity contribution in [3.8, 4) is 5.75 Å². The van der Waals surface area contributed by atoms with Gasteiger partial charge in [-0.1, -0.05) is 39.3 Å². The summed E-state index contributed by atoms with van der Waals surface area (Å²) in [6.45, 7) is 6.31. The summed E-state index contributed by atoms with van der Waals surface area (Å²) in [4.78, 5) is 24.9. The van der Waals surface area contributed by atoms with Crippen molar-refractivity contribution in [3.63, 3.8) is 0 Å². The lowest BCUT2D eigenvalue weighted by Gasteiger charge is -2.20. The second kappa shape index (κ2) is 12.2. The van der Waals surface area contributed by atoms with Gasteiger partial charge in [0.25, 0.3) is 11.8 Å². The van der Waals surface area contributed by atoms with Crippen molar-refractivity contribution >= 4 is 34.0 Å². The SMILES string of the molecule is CCCCOc1ccc(/C=N/NC(=O)C(NC(=O)c2ccccc2F)C(C)C)cc1Br. The van der Waals surface area contributed by atoms with Gasteiger partial charge in [0, 0.05) is 0 Å². The molecule has 1 unspecified atom stereocenters. The number of nitrogens with zero attached hydrogens (tertiary/aromatic N) is 1. The van der Waals surface area contributed by atoms with Crippen LogP contribution in [0.5, 0.6) is 5.75 Å². The molecule has 0 heterocycles. The number of hydrogen-bond donors (Lipinski definition) is 2. The number of carbonyl (C=O) groups is 2. The van der Waals surface area contributed by atoms with Crippen molar-refractivity contribution in [3.05, 3.63) is 63.9 Å². The fourth-order valence-electron chi connectivity index (χ4n) is 2.68. The minimum atomic E-state index is -0.870. The summed E-state index contributed by atoms with van der Waals surface area (Å²) in [5, 5.41) is 6.55. The standard InChI is InChI=1S/C23H27BrFN3O3/c1-4-5-12-31-20-11-10-16(13-18(20)24)14-26-28-23(30)21(15(2)3)27-22(29)17-8-6-7-9-19(17)25/h6-11,13-15,21H,4-5,12H2,1-3H3,(H,27,29)(H,28,30)/b26-14+. The smallest absolute Gasteiger partial charge is 0.262 e. The first kappa shape index (κ1) is 24.5. The molecule has 1 atom stereocenters. The van der Waals surface area contributed by atoms with E-state index in [1.807, 2.05) is 18.2 Å². The largest absolute Gasteiger partial charge is 0.492 e. The Morgan fingerprint density at radius 2 is 1.97 bits per heavy atom. The molecule has 0 aliphatic heterocycles. The van der Waals surface area contributed by atoms with Crippen molar-refractivity contribution in [1.82, 2.24) is 10.7 Å². The van der Waals surface area contributed by atoms with Crippen LogP contribution in [0, 0.1) is 11.7 Å². The van der Waals surface area contributed by atoms with E-state index in [0.29, 0.717) is 6.61 Å². The highest BCUT2D eigenvalue weighted by Gasteiger charge is 2.25. The zero-order chi connectivity index (χ0) is 22.8. The van der Waals surface area contributed by atoms with Crippen molar-refractivity contribution in [1.29, 1.82) is 0 Å². The van der Waals surface area contributed by atoms with Gasteiger partial charge in [-0.3, -0.25) is 9.59 Å². The highest BCUT2D eigenvalue weighted by atomic mass is 79.9. The molecule has 0 aliphatic rings. The van der Waals surface area contributed by atoms with Crippen LogP contribution in [-0.4, -0.2) is 30.7 Å². The Kier molecular flexibility index (Phi) is 9.65. The van der Waals surface area contributed by atoms with Crippen LogP contribution >= 0.6 is 15.9 Å². The lowest BCUT2D eigenvalue weighted by Crippen LogP contribution is -2.48. The molecule has 0 spiro atoms. The maximum Gasteiger partial charge on any atom is 0.262 e. The third-order valence-electron chi connectivity index (χ3n) is 4.45. The van der Waals surface area contributed by atoms with Crippen LogP contribution in [0.3, 0.4) is 0 Å². The molecular weight excluding hydrogens is 465 g/mol. The summed E-state index contributed by atoms with van der Waals surface area (Å²) < 4.78 is 20.3. The van der Waals surface area contributed by atoms with E-state index in [2.05, 4.69) is 38.7 Å². The van der Waals surface area contributed by atoms with E-state index in [-0.39, 0.29) is 11.5 Å². The van der Waals surface area contributed by atoms with Crippen LogP contribution in [0.15, 0.2) is 52.0 Å². The molecule has 2 rings (SSSR count). The van der Waals surface area contributed by atoms with Gasteiger partial charge in [0.2, 0.25) is 0 Å². The Labute approximate surface area is 190 Å². The number of halogens is 2. The van der Waals surface area contributed by atoms with Crippen LogP contribution in [0.25, 0.3) is 0 Å². The summed E-state index contributed by atoms with van der Waals surface area (Å²) >= 11 is 3.47. The number of unbranched alkanes of at least 4 members (excludes halogenated alkanes) is 1. The molecule has 2 aromatic rings. The molecule has 0 saturated heterocycles. The second-order valence-corrected chi connectivity index (χ2v) is 8.16. The fourth-order valence-corrected chi connectivity index (χ4v) is 3.19. The maximum absolute atomic E-state index is 13.8. The molecule has 6 nitrogen and oxygen atoms in total. The van der Waals surface area contributed by atoms with E-state index >= 15 is 0 Å². The van der Waals surface area contributed by atoms with Gasteiger partial charge in [0.15, 0.2) is 0 Å². The lowest BCUT2D eigenvalue weighted by atomic mass is 10.0. The molecule has 0 radical (unpaired) electrons. The summed E-state index contributed by atoms with van der Waals surface area (Å²) in [7, 11) is 0. The highest BCUT2D eigenvalue weighted by molar-refractivity contribution is 9.10. The summed E-state index contributed by atoms with van der Waals surface area (Å²) in [5.74, 6) is -1.27. The quantitative estimate of drug-likeness (QED) is 0.287. The Morgan fingerprint density at radius 3 is 2.61 bits per heavy atom. The number of carbonyl (C=O) groups excluding carboxylic acids is 2. The number of amides is 2. The molecule has 2 aromatic carbocycles. The van der Waals surface area contributed by atoms with Gasteiger partial charge in [0.05, 0.1) is 22.9 Å². The molecule has 31 heavy (non-hydrogen) atoms. The van der Waals surface area contributed by atoms with Gasteiger partial charge in [-0.25, -0.2) is 9.82 Å². The second-order valence-electron chi connectivity index (χ2n) is 7.30. The molecule has 2 N–H and O–H groups in total. The fraction of sp³-hybridized carbons (Fsp3) is 0.348. The number of hydrazone groups is 1. The Hall–Kier alpha value is -2.74. The minimum absolute atomic E-state index is 0.115. The lowest BCUT2D eigenvalue weighted by molar-refractivity contribution is -0.123. The first-order chi connectivity index (χ1) is 14.8. The zero-order valence-electron chi connectivity index (χ0n) is 17.8. The first-order valence-corrected chi connectivity index (χ1v) is 10.9. The molecule has 166 valence electrons.